The Morgan fingerprint density at radius 3 is 2.59 bits per heavy atom. The third kappa shape index (κ3) is 5.07. The van der Waals surface area contributed by atoms with Gasteiger partial charge in [0, 0.05) is 33.9 Å². The highest BCUT2D eigenvalue weighted by molar-refractivity contribution is 9.10. The van der Waals surface area contributed by atoms with Gasteiger partial charge in [0.25, 0.3) is 16.8 Å². The summed E-state index contributed by atoms with van der Waals surface area (Å²) < 4.78 is 19.2. The Bertz CT molecular complexity index is 1350. The van der Waals surface area contributed by atoms with E-state index in [9.17, 15) is 28.9 Å². The molecule has 1 fully saturated rings. The third-order valence-electron chi connectivity index (χ3n) is 4.63. The molecule has 3 aromatic rings. The van der Waals surface area contributed by atoms with Crippen LogP contribution in [0, 0.1) is 15.9 Å². The van der Waals surface area contributed by atoms with Crippen LogP contribution in [0.5, 0.6) is 0 Å². The first kappa shape index (κ1) is 23.4. The van der Waals surface area contributed by atoms with Gasteiger partial charge in [0.1, 0.15) is 23.9 Å². The molecular weight excluding hydrogens is 533 g/mol. The zero-order valence-electron chi connectivity index (χ0n) is 17.0. The number of nitro groups is 1. The molecule has 3 amide bonds. The van der Waals surface area contributed by atoms with Crippen LogP contribution in [0.4, 0.5) is 20.6 Å². The van der Waals surface area contributed by atoms with Gasteiger partial charge in [0.05, 0.1) is 9.83 Å². The molecule has 34 heavy (non-hydrogen) atoms. The molecule has 0 spiro atoms. The lowest BCUT2D eigenvalue weighted by Crippen LogP contribution is -2.36. The first-order chi connectivity index (χ1) is 16.2. The molecule has 1 saturated heterocycles. The summed E-state index contributed by atoms with van der Waals surface area (Å²) in [6.07, 6.45) is 1.38. The summed E-state index contributed by atoms with van der Waals surface area (Å²) in [7, 11) is 0. The van der Waals surface area contributed by atoms with E-state index in [4.69, 9.17) is 4.42 Å². The molecule has 2 aromatic carbocycles. The van der Waals surface area contributed by atoms with Crippen molar-refractivity contribution in [2.75, 3.05) is 11.9 Å². The SMILES string of the molecule is O=C(CN1C(=O)S/C(=C\c2ccc(-c3ccc([N+](=O)[O-])cc3Br)o2)C1=O)Nc1ccc(F)cc1. The number of rotatable bonds is 6. The fourth-order valence-electron chi connectivity index (χ4n) is 3.04. The van der Waals surface area contributed by atoms with Crippen LogP contribution >= 0.6 is 27.7 Å². The zero-order valence-corrected chi connectivity index (χ0v) is 19.4. The maximum Gasteiger partial charge on any atom is 0.294 e. The Hall–Kier alpha value is -3.77. The second-order valence-electron chi connectivity index (χ2n) is 6.95. The summed E-state index contributed by atoms with van der Waals surface area (Å²) in [6, 6.07) is 12.5. The number of amides is 3. The number of halogens is 2. The van der Waals surface area contributed by atoms with E-state index in [0.29, 0.717) is 33.2 Å². The first-order valence-electron chi connectivity index (χ1n) is 9.56. The van der Waals surface area contributed by atoms with Gasteiger partial charge in [-0.05, 0) is 70.2 Å². The number of benzene rings is 2. The highest BCUT2D eigenvalue weighted by Gasteiger charge is 2.36. The molecule has 0 atom stereocenters. The van der Waals surface area contributed by atoms with Crippen LogP contribution in [0.25, 0.3) is 17.4 Å². The van der Waals surface area contributed by atoms with Crippen LogP contribution in [-0.4, -0.2) is 33.4 Å². The molecule has 1 aromatic heterocycles. The molecule has 0 saturated carbocycles. The first-order valence-corrected chi connectivity index (χ1v) is 11.2. The Kier molecular flexibility index (Phi) is 6.61. The van der Waals surface area contributed by atoms with Gasteiger partial charge in [-0.15, -0.1) is 0 Å². The molecule has 0 aliphatic carbocycles. The maximum absolute atomic E-state index is 13.0. The number of nitrogens with one attached hydrogen (secondary N) is 1. The lowest BCUT2D eigenvalue weighted by atomic mass is 10.1. The minimum Gasteiger partial charge on any atom is -0.457 e. The summed E-state index contributed by atoms with van der Waals surface area (Å²) in [4.78, 5) is 48.4. The Morgan fingerprint density at radius 2 is 1.91 bits per heavy atom. The topological polar surface area (TPSA) is 123 Å². The van der Waals surface area contributed by atoms with Crippen LogP contribution < -0.4 is 5.32 Å². The summed E-state index contributed by atoms with van der Waals surface area (Å²) in [5.41, 5.74) is 0.810. The summed E-state index contributed by atoms with van der Waals surface area (Å²) in [5, 5.41) is 12.8. The molecule has 172 valence electrons. The fraction of sp³-hybridized carbons (Fsp3) is 0.0455. The van der Waals surface area contributed by atoms with Crippen molar-refractivity contribution in [1.82, 2.24) is 4.90 Å². The van der Waals surface area contributed by atoms with E-state index < -0.39 is 34.3 Å². The molecule has 0 radical (unpaired) electrons. The zero-order chi connectivity index (χ0) is 24.4. The summed E-state index contributed by atoms with van der Waals surface area (Å²) in [6.45, 7) is -0.501. The quantitative estimate of drug-likeness (QED) is 0.249. The van der Waals surface area contributed by atoms with Gasteiger partial charge in [-0.3, -0.25) is 29.4 Å². The Morgan fingerprint density at radius 1 is 1.18 bits per heavy atom. The van der Waals surface area contributed by atoms with Gasteiger partial charge in [-0.25, -0.2) is 4.39 Å². The monoisotopic (exact) mass is 545 g/mol. The van der Waals surface area contributed by atoms with Crippen LogP contribution in [0.15, 0.2) is 68.4 Å². The van der Waals surface area contributed by atoms with Crippen LogP contribution in [0.1, 0.15) is 5.76 Å². The molecule has 1 aliphatic rings. The van der Waals surface area contributed by atoms with Crippen molar-refractivity contribution in [3.8, 4) is 11.3 Å². The minimum atomic E-state index is -0.654. The van der Waals surface area contributed by atoms with E-state index >= 15 is 0 Å². The number of carbonyl (C=O) groups excluding carboxylic acids is 3. The normalized spacial score (nSPS) is 14.6. The highest BCUT2D eigenvalue weighted by Crippen LogP contribution is 2.35. The molecule has 0 unspecified atom stereocenters. The number of hydrogen-bond donors (Lipinski definition) is 1. The van der Waals surface area contributed by atoms with Crippen molar-refractivity contribution in [2.24, 2.45) is 0 Å². The largest absolute Gasteiger partial charge is 0.457 e. The number of carbonyl (C=O) groups is 3. The second kappa shape index (κ2) is 9.61. The van der Waals surface area contributed by atoms with Crippen molar-refractivity contribution in [3.05, 3.63) is 85.7 Å². The van der Waals surface area contributed by atoms with Crippen molar-refractivity contribution >= 4 is 62.2 Å². The Labute approximate surface area is 203 Å². The number of anilines is 1. The molecule has 9 nitrogen and oxygen atoms in total. The predicted octanol–water partition coefficient (Wildman–Crippen LogP) is 5.43. The third-order valence-corrected chi connectivity index (χ3v) is 6.20. The number of nitro benzene ring substituents is 1. The summed E-state index contributed by atoms with van der Waals surface area (Å²) >= 11 is 3.94. The lowest BCUT2D eigenvalue weighted by Gasteiger charge is -2.12. The molecule has 12 heteroatoms. The summed E-state index contributed by atoms with van der Waals surface area (Å²) in [5.74, 6) is -1.05. The number of thioether (sulfide) groups is 1. The van der Waals surface area contributed by atoms with Gasteiger partial charge < -0.3 is 9.73 Å². The van der Waals surface area contributed by atoms with Gasteiger partial charge in [-0.1, -0.05) is 0 Å². The van der Waals surface area contributed by atoms with E-state index in [-0.39, 0.29) is 16.4 Å². The number of furan rings is 1. The van der Waals surface area contributed by atoms with Crippen LogP contribution in [0.2, 0.25) is 0 Å². The fourth-order valence-corrected chi connectivity index (χ4v) is 4.42. The molecule has 4 rings (SSSR count). The van der Waals surface area contributed by atoms with Crippen molar-refractivity contribution in [1.29, 1.82) is 0 Å². The van der Waals surface area contributed by atoms with Gasteiger partial charge in [0.2, 0.25) is 5.91 Å². The molecule has 1 N–H and O–H groups in total. The van der Waals surface area contributed by atoms with Crippen LogP contribution in [-0.2, 0) is 9.59 Å². The Balaban J connectivity index is 1.46. The van der Waals surface area contributed by atoms with Crippen molar-refractivity contribution in [3.63, 3.8) is 0 Å². The average Bonchev–Trinajstić information content (AvgIpc) is 3.35. The maximum atomic E-state index is 13.0. The lowest BCUT2D eigenvalue weighted by molar-refractivity contribution is -0.384. The smallest absolute Gasteiger partial charge is 0.294 e. The standard InChI is InChI=1S/C22H13BrFN3O6S/c23-17-9-14(27(31)32)5-7-16(17)18-8-6-15(33-18)10-19-21(29)26(22(30)34-19)11-20(28)25-13-3-1-12(24)2-4-13/h1-10H,11H2,(H,25,28)/b19-10-. The molecule has 0 bridgehead atoms. The van der Waals surface area contributed by atoms with E-state index in [1.165, 1.54) is 48.5 Å². The second-order valence-corrected chi connectivity index (χ2v) is 8.79. The van der Waals surface area contributed by atoms with E-state index in [2.05, 4.69) is 21.2 Å². The van der Waals surface area contributed by atoms with Crippen LogP contribution in [0.3, 0.4) is 0 Å². The predicted molar refractivity (Wildman–Crippen MR) is 126 cm³/mol. The average molecular weight is 546 g/mol. The number of imide groups is 1. The molecule has 1 aliphatic heterocycles. The van der Waals surface area contributed by atoms with E-state index in [1.807, 2.05) is 0 Å². The number of non-ortho nitro benzene ring substituents is 1. The van der Waals surface area contributed by atoms with Crippen molar-refractivity contribution < 1.29 is 28.1 Å². The minimum absolute atomic E-state index is 0.0725. The van der Waals surface area contributed by atoms with Crippen molar-refractivity contribution in [2.45, 2.75) is 0 Å². The molecule has 2 heterocycles. The van der Waals surface area contributed by atoms with E-state index in [0.717, 1.165) is 4.90 Å². The van der Waals surface area contributed by atoms with Gasteiger partial charge in [-0.2, -0.15) is 0 Å². The number of hydrogen-bond acceptors (Lipinski definition) is 7. The number of nitrogens with zero attached hydrogens (tertiary/aromatic N) is 2. The molecular formula is C22H13BrFN3O6S. The van der Waals surface area contributed by atoms with Gasteiger partial charge in [0.15, 0.2) is 0 Å². The van der Waals surface area contributed by atoms with E-state index in [1.54, 1.807) is 12.1 Å². The van der Waals surface area contributed by atoms with Gasteiger partial charge >= 0.3 is 0 Å². The highest BCUT2D eigenvalue weighted by atomic mass is 79.9.